The molecule has 96 valence electrons. The lowest BCUT2D eigenvalue weighted by Gasteiger charge is -2.23. The monoisotopic (exact) mass is 241 g/mol. The molecule has 0 aliphatic heterocycles. The van der Waals surface area contributed by atoms with Crippen LogP contribution >= 0.6 is 0 Å². The summed E-state index contributed by atoms with van der Waals surface area (Å²) < 4.78 is 36.3. The predicted molar refractivity (Wildman–Crippen MR) is 53.9 cm³/mol. The van der Waals surface area contributed by atoms with Crippen molar-refractivity contribution in [2.45, 2.75) is 38.8 Å². The SMILES string of the molecule is CCCCCC(=O)N(CCO)CC(F)(F)F. The summed E-state index contributed by atoms with van der Waals surface area (Å²) >= 11 is 0. The van der Waals surface area contributed by atoms with E-state index < -0.39 is 25.2 Å². The van der Waals surface area contributed by atoms with Crippen LogP contribution in [0, 0.1) is 0 Å². The Morgan fingerprint density at radius 2 is 1.94 bits per heavy atom. The molecule has 0 fully saturated rings. The van der Waals surface area contributed by atoms with E-state index in [2.05, 4.69) is 0 Å². The molecule has 0 aromatic heterocycles. The van der Waals surface area contributed by atoms with Gasteiger partial charge in [-0.15, -0.1) is 0 Å². The number of aliphatic hydroxyl groups is 1. The Balaban J connectivity index is 4.13. The highest BCUT2D eigenvalue weighted by Crippen LogP contribution is 2.17. The molecule has 0 aromatic carbocycles. The number of rotatable bonds is 7. The summed E-state index contributed by atoms with van der Waals surface area (Å²) in [5, 5.41) is 8.59. The van der Waals surface area contributed by atoms with Crippen LogP contribution in [0.15, 0.2) is 0 Å². The summed E-state index contributed by atoms with van der Waals surface area (Å²) in [6.45, 7) is -0.0374. The summed E-state index contributed by atoms with van der Waals surface area (Å²) in [7, 11) is 0. The van der Waals surface area contributed by atoms with Gasteiger partial charge in [-0.2, -0.15) is 13.2 Å². The normalized spacial score (nSPS) is 11.6. The molecule has 0 rings (SSSR count). The van der Waals surface area contributed by atoms with E-state index >= 15 is 0 Å². The highest BCUT2D eigenvalue weighted by molar-refractivity contribution is 5.76. The number of carbonyl (C=O) groups is 1. The van der Waals surface area contributed by atoms with Crippen molar-refractivity contribution < 1.29 is 23.1 Å². The largest absolute Gasteiger partial charge is 0.406 e. The predicted octanol–water partition coefficient (Wildman–Crippen LogP) is 1.95. The van der Waals surface area contributed by atoms with E-state index in [0.29, 0.717) is 11.3 Å². The van der Waals surface area contributed by atoms with E-state index in [9.17, 15) is 18.0 Å². The zero-order valence-electron chi connectivity index (χ0n) is 9.39. The van der Waals surface area contributed by atoms with Crippen LogP contribution in [0.3, 0.4) is 0 Å². The van der Waals surface area contributed by atoms with Crippen molar-refractivity contribution in [2.75, 3.05) is 19.7 Å². The number of unbranched alkanes of at least 4 members (excludes halogenated alkanes) is 2. The minimum absolute atomic E-state index is 0.115. The summed E-state index contributed by atoms with van der Waals surface area (Å²) in [4.78, 5) is 12.1. The van der Waals surface area contributed by atoms with E-state index in [1.165, 1.54) is 0 Å². The Hall–Kier alpha value is -0.780. The first-order valence-corrected chi connectivity index (χ1v) is 5.36. The Kier molecular flexibility index (Phi) is 7.12. The van der Waals surface area contributed by atoms with Crippen LogP contribution in [0.4, 0.5) is 13.2 Å². The molecule has 0 heterocycles. The summed E-state index contributed by atoms with van der Waals surface area (Å²) in [6, 6.07) is 0. The molecule has 16 heavy (non-hydrogen) atoms. The third-order valence-electron chi connectivity index (χ3n) is 2.09. The standard InChI is InChI=1S/C10H18F3NO2/c1-2-3-4-5-9(16)14(6-7-15)8-10(11,12)13/h15H,2-8H2,1H3. The lowest BCUT2D eigenvalue weighted by molar-refractivity contribution is -0.162. The van der Waals surface area contributed by atoms with Gasteiger partial charge in [-0.3, -0.25) is 4.79 Å². The second-order valence-corrected chi connectivity index (χ2v) is 3.61. The topological polar surface area (TPSA) is 40.5 Å². The number of halogens is 3. The Bertz CT molecular complexity index is 207. The minimum Gasteiger partial charge on any atom is -0.395 e. The van der Waals surface area contributed by atoms with Crippen molar-refractivity contribution in [3.8, 4) is 0 Å². The smallest absolute Gasteiger partial charge is 0.395 e. The average molecular weight is 241 g/mol. The van der Waals surface area contributed by atoms with Gasteiger partial charge in [-0.25, -0.2) is 0 Å². The fraction of sp³-hybridized carbons (Fsp3) is 0.900. The maximum atomic E-state index is 12.1. The van der Waals surface area contributed by atoms with E-state index in [1.807, 2.05) is 6.92 Å². The van der Waals surface area contributed by atoms with Crippen LogP contribution in [-0.4, -0.2) is 41.8 Å². The lowest BCUT2D eigenvalue weighted by atomic mass is 10.2. The molecule has 1 amide bonds. The molecule has 0 aromatic rings. The van der Waals surface area contributed by atoms with Crippen LogP contribution in [0.2, 0.25) is 0 Å². The number of amides is 1. The second kappa shape index (κ2) is 7.49. The first kappa shape index (κ1) is 15.2. The van der Waals surface area contributed by atoms with Crippen LogP contribution < -0.4 is 0 Å². The van der Waals surface area contributed by atoms with Crippen molar-refractivity contribution >= 4 is 5.91 Å². The molecule has 0 aliphatic carbocycles. The van der Waals surface area contributed by atoms with E-state index in [4.69, 9.17) is 5.11 Å². The summed E-state index contributed by atoms with van der Waals surface area (Å²) in [6.07, 6.45) is -1.97. The summed E-state index contributed by atoms with van der Waals surface area (Å²) in [5.74, 6) is -0.542. The highest BCUT2D eigenvalue weighted by atomic mass is 19.4. The molecule has 0 spiro atoms. The van der Waals surface area contributed by atoms with Crippen molar-refractivity contribution in [2.24, 2.45) is 0 Å². The Labute approximate surface area is 93.2 Å². The molecule has 0 saturated carbocycles. The Morgan fingerprint density at radius 3 is 2.38 bits per heavy atom. The van der Waals surface area contributed by atoms with Crippen LogP contribution in [0.25, 0.3) is 0 Å². The molecule has 0 aliphatic rings. The zero-order chi connectivity index (χ0) is 12.6. The number of hydrogen-bond donors (Lipinski definition) is 1. The first-order chi connectivity index (χ1) is 7.40. The molecular formula is C10H18F3NO2. The fourth-order valence-electron chi connectivity index (χ4n) is 1.31. The van der Waals surface area contributed by atoms with Crippen molar-refractivity contribution in [1.82, 2.24) is 4.90 Å². The van der Waals surface area contributed by atoms with E-state index in [1.54, 1.807) is 0 Å². The maximum absolute atomic E-state index is 12.1. The van der Waals surface area contributed by atoms with Crippen LogP contribution in [0.1, 0.15) is 32.6 Å². The van der Waals surface area contributed by atoms with Crippen molar-refractivity contribution in [3.05, 3.63) is 0 Å². The van der Waals surface area contributed by atoms with Gasteiger partial charge in [0.1, 0.15) is 6.54 Å². The van der Waals surface area contributed by atoms with Gasteiger partial charge in [-0.1, -0.05) is 19.8 Å². The van der Waals surface area contributed by atoms with Gasteiger partial charge < -0.3 is 10.0 Å². The van der Waals surface area contributed by atoms with Crippen molar-refractivity contribution in [1.29, 1.82) is 0 Å². The number of aliphatic hydroxyl groups excluding tert-OH is 1. The molecule has 0 bridgehead atoms. The highest BCUT2D eigenvalue weighted by Gasteiger charge is 2.32. The van der Waals surface area contributed by atoms with Gasteiger partial charge in [0.15, 0.2) is 0 Å². The number of nitrogens with zero attached hydrogens (tertiary/aromatic N) is 1. The first-order valence-electron chi connectivity index (χ1n) is 5.36. The van der Waals surface area contributed by atoms with E-state index in [-0.39, 0.29) is 13.0 Å². The average Bonchev–Trinajstić information content (AvgIpc) is 2.15. The molecule has 6 heteroatoms. The molecule has 0 unspecified atom stereocenters. The van der Waals surface area contributed by atoms with Gasteiger partial charge in [-0.05, 0) is 6.42 Å². The van der Waals surface area contributed by atoms with Gasteiger partial charge in [0.25, 0.3) is 0 Å². The maximum Gasteiger partial charge on any atom is 0.406 e. The number of alkyl halides is 3. The van der Waals surface area contributed by atoms with Crippen LogP contribution in [0.5, 0.6) is 0 Å². The van der Waals surface area contributed by atoms with Gasteiger partial charge in [0, 0.05) is 13.0 Å². The van der Waals surface area contributed by atoms with E-state index in [0.717, 1.165) is 12.8 Å². The quantitative estimate of drug-likeness (QED) is 0.692. The molecule has 0 atom stereocenters. The van der Waals surface area contributed by atoms with Gasteiger partial charge in [0.05, 0.1) is 6.61 Å². The Morgan fingerprint density at radius 1 is 1.31 bits per heavy atom. The molecular weight excluding hydrogens is 223 g/mol. The minimum atomic E-state index is -4.41. The third-order valence-corrected chi connectivity index (χ3v) is 2.09. The number of hydrogen-bond acceptors (Lipinski definition) is 2. The molecule has 3 nitrogen and oxygen atoms in total. The third kappa shape index (κ3) is 7.50. The summed E-state index contributed by atoms with van der Waals surface area (Å²) in [5.41, 5.74) is 0. The molecule has 0 radical (unpaired) electrons. The number of carbonyl (C=O) groups excluding carboxylic acids is 1. The second-order valence-electron chi connectivity index (χ2n) is 3.61. The fourth-order valence-corrected chi connectivity index (χ4v) is 1.31. The van der Waals surface area contributed by atoms with Crippen molar-refractivity contribution in [3.63, 3.8) is 0 Å². The van der Waals surface area contributed by atoms with Gasteiger partial charge in [0.2, 0.25) is 5.91 Å². The lowest BCUT2D eigenvalue weighted by Crippen LogP contribution is -2.40. The molecule has 0 saturated heterocycles. The van der Waals surface area contributed by atoms with Gasteiger partial charge >= 0.3 is 6.18 Å². The zero-order valence-corrected chi connectivity index (χ0v) is 9.39. The van der Waals surface area contributed by atoms with Crippen LogP contribution in [-0.2, 0) is 4.79 Å². The molecule has 1 N–H and O–H groups in total.